The number of fused-ring (bicyclic) bond motifs is 3. The Morgan fingerprint density at radius 2 is 2.00 bits per heavy atom. The van der Waals surface area contributed by atoms with Crippen LogP contribution in [-0.2, 0) is 0 Å². The van der Waals surface area contributed by atoms with E-state index in [2.05, 4.69) is 16.5 Å². The van der Waals surface area contributed by atoms with Gasteiger partial charge in [0, 0.05) is 47.8 Å². The quantitative estimate of drug-likeness (QED) is 0.737. The molecule has 4 nitrogen and oxygen atoms in total. The van der Waals surface area contributed by atoms with E-state index in [0.29, 0.717) is 5.52 Å². The van der Waals surface area contributed by atoms with Gasteiger partial charge in [-0.2, -0.15) is 0 Å². The number of rotatable bonds is 2. The first-order chi connectivity index (χ1) is 9.09. The van der Waals surface area contributed by atoms with E-state index in [9.17, 15) is 4.79 Å². The highest BCUT2D eigenvalue weighted by molar-refractivity contribution is 6.09. The van der Waals surface area contributed by atoms with Gasteiger partial charge in [0.15, 0.2) is 0 Å². The van der Waals surface area contributed by atoms with Crippen LogP contribution >= 0.6 is 0 Å². The molecule has 0 spiro atoms. The standard InChI is InChI=1S/C15H15N3O/c1-9(18(2)3)11-8-16-14-13(11)10-6-4-5-7-12(10)17-15(14)19/h4-8,16H,1H2,2-3H3,(H,17,19). The molecule has 2 aromatic heterocycles. The third kappa shape index (κ3) is 1.64. The van der Waals surface area contributed by atoms with Crippen LogP contribution in [0.3, 0.4) is 0 Å². The van der Waals surface area contributed by atoms with Gasteiger partial charge in [0.1, 0.15) is 5.52 Å². The van der Waals surface area contributed by atoms with Crippen LogP contribution in [0.1, 0.15) is 5.56 Å². The Hall–Kier alpha value is -2.49. The van der Waals surface area contributed by atoms with Crippen LogP contribution < -0.4 is 5.56 Å². The molecule has 0 unspecified atom stereocenters. The average Bonchev–Trinajstić information content (AvgIpc) is 2.83. The van der Waals surface area contributed by atoms with E-state index in [1.807, 2.05) is 49.5 Å². The molecule has 1 aromatic carbocycles. The normalized spacial score (nSPS) is 11.1. The first kappa shape index (κ1) is 11.6. The van der Waals surface area contributed by atoms with E-state index >= 15 is 0 Å². The van der Waals surface area contributed by atoms with Gasteiger partial charge in [-0.05, 0) is 6.07 Å². The first-order valence-corrected chi connectivity index (χ1v) is 6.08. The highest BCUT2D eigenvalue weighted by Gasteiger charge is 2.14. The molecule has 0 aliphatic heterocycles. The van der Waals surface area contributed by atoms with E-state index in [4.69, 9.17) is 0 Å². The van der Waals surface area contributed by atoms with Gasteiger partial charge in [0.2, 0.25) is 0 Å². The Labute approximate surface area is 110 Å². The Morgan fingerprint density at radius 3 is 2.74 bits per heavy atom. The summed E-state index contributed by atoms with van der Waals surface area (Å²) in [4.78, 5) is 19.9. The zero-order valence-electron chi connectivity index (χ0n) is 10.9. The Morgan fingerprint density at radius 1 is 1.26 bits per heavy atom. The maximum Gasteiger partial charge on any atom is 0.272 e. The topological polar surface area (TPSA) is 51.9 Å². The van der Waals surface area contributed by atoms with Gasteiger partial charge in [-0.25, -0.2) is 0 Å². The minimum absolute atomic E-state index is 0.105. The van der Waals surface area contributed by atoms with E-state index < -0.39 is 0 Å². The van der Waals surface area contributed by atoms with Crippen molar-refractivity contribution in [3.05, 3.63) is 53.0 Å². The molecule has 0 saturated heterocycles. The van der Waals surface area contributed by atoms with Gasteiger partial charge >= 0.3 is 0 Å². The van der Waals surface area contributed by atoms with Gasteiger partial charge in [-0.3, -0.25) is 4.79 Å². The molecule has 0 aliphatic carbocycles. The molecule has 4 heteroatoms. The lowest BCUT2D eigenvalue weighted by Gasteiger charge is -2.15. The number of pyridine rings is 1. The molecular weight excluding hydrogens is 238 g/mol. The van der Waals surface area contributed by atoms with Crippen molar-refractivity contribution in [2.24, 2.45) is 0 Å². The first-order valence-electron chi connectivity index (χ1n) is 6.08. The summed E-state index contributed by atoms with van der Waals surface area (Å²) in [5.74, 6) is 0. The average molecular weight is 253 g/mol. The largest absolute Gasteiger partial charge is 0.378 e. The van der Waals surface area contributed by atoms with Crippen LogP contribution in [0, 0.1) is 0 Å². The van der Waals surface area contributed by atoms with Crippen molar-refractivity contribution >= 4 is 27.5 Å². The third-order valence-corrected chi connectivity index (χ3v) is 3.40. The van der Waals surface area contributed by atoms with Crippen molar-refractivity contribution in [1.29, 1.82) is 0 Å². The molecule has 3 aromatic rings. The summed E-state index contributed by atoms with van der Waals surface area (Å²) < 4.78 is 0. The second-order valence-electron chi connectivity index (χ2n) is 4.79. The van der Waals surface area contributed by atoms with E-state index in [-0.39, 0.29) is 5.56 Å². The van der Waals surface area contributed by atoms with E-state index in [1.165, 1.54) is 0 Å². The molecule has 3 rings (SSSR count). The second-order valence-corrected chi connectivity index (χ2v) is 4.79. The highest BCUT2D eigenvalue weighted by Crippen LogP contribution is 2.28. The molecule has 19 heavy (non-hydrogen) atoms. The number of H-pyrrole nitrogens is 2. The van der Waals surface area contributed by atoms with Crippen molar-refractivity contribution in [3.63, 3.8) is 0 Å². The number of hydrogen-bond acceptors (Lipinski definition) is 2. The van der Waals surface area contributed by atoms with Gasteiger partial charge in [0.25, 0.3) is 5.56 Å². The van der Waals surface area contributed by atoms with Crippen LogP contribution in [-0.4, -0.2) is 29.0 Å². The number of aromatic amines is 2. The molecule has 96 valence electrons. The lowest BCUT2D eigenvalue weighted by atomic mass is 10.1. The number of para-hydroxylation sites is 1. The SMILES string of the molecule is C=C(c1c[nH]c2c(=O)[nH]c3ccccc3c12)N(C)C. The smallest absolute Gasteiger partial charge is 0.272 e. The van der Waals surface area contributed by atoms with Crippen LogP contribution in [0.25, 0.3) is 27.5 Å². The van der Waals surface area contributed by atoms with Crippen molar-refractivity contribution in [3.8, 4) is 0 Å². The fourth-order valence-electron chi connectivity index (χ4n) is 2.35. The Kier molecular flexibility index (Phi) is 2.45. The third-order valence-electron chi connectivity index (χ3n) is 3.40. The Balaban J connectivity index is 2.50. The maximum absolute atomic E-state index is 12.1. The molecule has 0 aliphatic rings. The molecule has 0 atom stereocenters. The molecule has 0 bridgehead atoms. The fourth-order valence-corrected chi connectivity index (χ4v) is 2.35. The summed E-state index contributed by atoms with van der Waals surface area (Å²) in [6.45, 7) is 4.08. The number of benzene rings is 1. The van der Waals surface area contributed by atoms with E-state index in [1.54, 1.807) is 0 Å². The Bertz CT molecular complexity index is 839. The molecule has 2 heterocycles. The van der Waals surface area contributed by atoms with Crippen LogP contribution in [0.5, 0.6) is 0 Å². The van der Waals surface area contributed by atoms with Gasteiger partial charge in [0.05, 0.1) is 0 Å². The van der Waals surface area contributed by atoms with Gasteiger partial charge in [-0.15, -0.1) is 0 Å². The van der Waals surface area contributed by atoms with Crippen molar-refractivity contribution in [2.75, 3.05) is 14.1 Å². The monoisotopic (exact) mass is 253 g/mol. The summed E-state index contributed by atoms with van der Waals surface area (Å²) in [5, 5.41) is 1.95. The van der Waals surface area contributed by atoms with Crippen molar-refractivity contribution in [2.45, 2.75) is 0 Å². The molecule has 0 fully saturated rings. The van der Waals surface area contributed by atoms with Crippen molar-refractivity contribution in [1.82, 2.24) is 14.9 Å². The molecule has 2 N–H and O–H groups in total. The highest BCUT2D eigenvalue weighted by atomic mass is 16.1. The molecule has 0 saturated carbocycles. The summed E-state index contributed by atoms with van der Waals surface area (Å²) in [6.07, 6.45) is 1.84. The van der Waals surface area contributed by atoms with Gasteiger partial charge < -0.3 is 14.9 Å². The summed E-state index contributed by atoms with van der Waals surface area (Å²) in [7, 11) is 3.88. The van der Waals surface area contributed by atoms with Crippen LogP contribution in [0.2, 0.25) is 0 Å². The zero-order valence-corrected chi connectivity index (χ0v) is 10.9. The minimum Gasteiger partial charge on any atom is -0.378 e. The molecule has 0 radical (unpaired) electrons. The number of nitrogens with one attached hydrogen (secondary N) is 2. The lowest BCUT2D eigenvalue weighted by molar-refractivity contribution is 0.594. The summed E-state index contributed by atoms with van der Waals surface area (Å²) in [6, 6.07) is 7.80. The van der Waals surface area contributed by atoms with Gasteiger partial charge in [-0.1, -0.05) is 24.8 Å². The zero-order chi connectivity index (χ0) is 13.6. The maximum atomic E-state index is 12.1. The predicted octanol–water partition coefficient (Wildman–Crippen LogP) is 2.54. The molecular formula is C15H15N3O. The number of hydrogen-bond donors (Lipinski definition) is 2. The predicted molar refractivity (Wildman–Crippen MR) is 79.1 cm³/mol. The van der Waals surface area contributed by atoms with Crippen LogP contribution in [0.15, 0.2) is 41.8 Å². The lowest BCUT2D eigenvalue weighted by Crippen LogP contribution is -2.09. The summed E-state index contributed by atoms with van der Waals surface area (Å²) >= 11 is 0. The fraction of sp³-hybridized carbons (Fsp3) is 0.133. The van der Waals surface area contributed by atoms with E-state index in [0.717, 1.165) is 27.5 Å². The number of aromatic nitrogens is 2. The van der Waals surface area contributed by atoms with Crippen molar-refractivity contribution < 1.29 is 0 Å². The second kappa shape index (κ2) is 4.02. The minimum atomic E-state index is -0.105. The number of nitrogens with zero attached hydrogens (tertiary/aromatic N) is 1. The summed E-state index contributed by atoms with van der Waals surface area (Å²) in [5.41, 5.74) is 3.17. The van der Waals surface area contributed by atoms with Crippen LogP contribution in [0.4, 0.5) is 0 Å². The molecule has 0 amide bonds.